The second-order valence-corrected chi connectivity index (χ2v) is 5.29. The van der Waals surface area contributed by atoms with Crippen LogP contribution >= 0.6 is 22.6 Å². The largest absolute Gasteiger partial charge is 0.334 e. The van der Waals surface area contributed by atoms with Crippen LogP contribution in [0.15, 0.2) is 29.1 Å². The third-order valence-corrected chi connectivity index (χ3v) is 3.26. The average molecular weight is 389 g/mol. The molecule has 2 N–H and O–H groups in total. The summed E-state index contributed by atoms with van der Waals surface area (Å²) in [4.78, 5) is 24.2. The van der Waals surface area contributed by atoms with Gasteiger partial charge in [0.15, 0.2) is 5.82 Å². The van der Waals surface area contributed by atoms with Crippen LogP contribution in [-0.2, 0) is 0 Å². The number of halogens is 2. The van der Waals surface area contributed by atoms with Crippen LogP contribution in [0.3, 0.4) is 0 Å². The van der Waals surface area contributed by atoms with Crippen LogP contribution < -0.4 is 10.9 Å². The average Bonchev–Trinajstić information content (AvgIpc) is 2.36. The number of nitrogens with zero attached hydrogens (tertiary/aromatic N) is 1. The summed E-state index contributed by atoms with van der Waals surface area (Å²) < 4.78 is 14.4. The highest BCUT2D eigenvalue weighted by molar-refractivity contribution is 14.1. The second kappa shape index (κ2) is 5.57. The van der Waals surface area contributed by atoms with Gasteiger partial charge >= 0.3 is 5.69 Å². The highest BCUT2D eigenvalue weighted by atomic mass is 127. The molecule has 0 amide bonds. The first-order chi connectivity index (χ1) is 9.38. The number of aromatic nitrogens is 1. The van der Waals surface area contributed by atoms with E-state index in [2.05, 4.69) is 10.3 Å². The lowest BCUT2D eigenvalue weighted by molar-refractivity contribution is -0.384. The number of aromatic amines is 1. The van der Waals surface area contributed by atoms with E-state index < -0.39 is 16.3 Å². The zero-order valence-electron chi connectivity index (χ0n) is 10.2. The lowest BCUT2D eigenvalue weighted by atomic mass is 10.2. The van der Waals surface area contributed by atoms with Gasteiger partial charge in [-0.25, -0.2) is 4.39 Å². The summed E-state index contributed by atoms with van der Waals surface area (Å²) in [7, 11) is 0. The zero-order valence-corrected chi connectivity index (χ0v) is 12.4. The number of aryl methyl sites for hydroxylation is 1. The fourth-order valence-corrected chi connectivity index (χ4v) is 2.04. The van der Waals surface area contributed by atoms with Crippen molar-refractivity contribution in [2.24, 2.45) is 0 Å². The predicted molar refractivity (Wildman–Crippen MR) is 80.9 cm³/mol. The van der Waals surface area contributed by atoms with Gasteiger partial charge in [0.05, 0.1) is 10.6 Å². The number of nitrogens with one attached hydrogen (secondary N) is 2. The molecule has 0 saturated carbocycles. The Bertz CT molecular complexity index is 745. The number of H-pyrrole nitrogens is 1. The van der Waals surface area contributed by atoms with E-state index in [4.69, 9.17) is 0 Å². The van der Waals surface area contributed by atoms with E-state index >= 15 is 0 Å². The van der Waals surface area contributed by atoms with Gasteiger partial charge in [-0.1, -0.05) is 0 Å². The molecule has 0 bridgehead atoms. The maximum absolute atomic E-state index is 13.7. The Morgan fingerprint density at radius 3 is 2.70 bits per heavy atom. The highest BCUT2D eigenvalue weighted by Crippen LogP contribution is 2.26. The number of benzene rings is 1. The highest BCUT2D eigenvalue weighted by Gasteiger charge is 2.17. The van der Waals surface area contributed by atoms with E-state index in [1.807, 2.05) is 22.6 Å². The monoisotopic (exact) mass is 389 g/mol. The molecular formula is C12H9FIN3O3. The summed E-state index contributed by atoms with van der Waals surface area (Å²) in [5.41, 5.74) is -0.526. The minimum atomic E-state index is -0.643. The van der Waals surface area contributed by atoms with Crippen molar-refractivity contribution >= 4 is 39.8 Å². The van der Waals surface area contributed by atoms with Gasteiger partial charge in [-0.2, -0.15) is 0 Å². The van der Waals surface area contributed by atoms with Crippen molar-refractivity contribution < 1.29 is 9.31 Å². The van der Waals surface area contributed by atoms with E-state index in [0.29, 0.717) is 3.57 Å². The third-order valence-electron chi connectivity index (χ3n) is 2.59. The molecule has 8 heteroatoms. The van der Waals surface area contributed by atoms with Crippen LogP contribution in [0.5, 0.6) is 0 Å². The second-order valence-electron chi connectivity index (χ2n) is 4.05. The quantitative estimate of drug-likeness (QED) is 0.480. The minimum absolute atomic E-state index is 0.0491. The van der Waals surface area contributed by atoms with Crippen LogP contribution in [0.2, 0.25) is 0 Å². The Kier molecular flexibility index (Phi) is 4.02. The normalized spacial score (nSPS) is 10.3. The van der Waals surface area contributed by atoms with Crippen LogP contribution in [0, 0.1) is 26.4 Å². The van der Waals surface area contributed by atoms with Gasteiger partial charge < -0.3 is 10.3 Å². The number of hydrogen-bond acceptors (Lipinski definition) is 4. The first-order valence-electron chi connectivity index (χ1n) is 5.49. The van der Waals surface area contributed by atoms with Gasteiger partial charge in [-0.3, -0.25) is 14.9 Å². The number of nitro groups is 1. The Hall–Kier alpha value is -1.97. The fraction of sp³-hybridized carbons (Fsp3) is 0.0833. The standard InChI is InChI=1S/C12H9FIN3O3/c1-6-4-10(17(19)20)11(16-12(6)18)15-9-3-2-7(14)5-8(9)13/h2-5H,1H3,(H2,15,16,18). The number of rotatable bonds is 3. The molecule has 2 aromatic rings. The topological polar surface area (TPSA) is 88.0 Å². The third kappa shape index (κ3) is 2.95. The molecule has 0 saturated heterocycles. The molecule has 0 aliphatic rings. The van der Waals surface area contributed by atoms with Crippen LogP contribution in [-0.4, -0.2) is 9.91 Å². The molecule has 104 valence electrons. The Morgan fingerprint density at radius 1 is 1.40 bits per heavy atom. The first kappa shape index (κ1) is 14.4. The molecule has 20 heavy (non-hydrogen) atoms. The molecule has 0 unspecified atom stereocenters. The van der Waals surface area contributed by atoms with E-state index in [1.54, 1.807) is 6.07 Å². The summed E-state index contributed by atoms with van der Waals surface area (Å²) in [5, 5.41) is 13.5. The van der Waals surface area contributed by atoms with Crippen LogP contribution in [0.25, 0.3) is 0 Å². The van der Waals surface area contributed by atoms with E-state index in [0.717, 1.165) is 6.07 Å². The molecule has 0 radical (unpaired) electrons. The van der Waals surface area contributed by atoms with Crippen molar-refractivity contribution in [3.8, 4) is 0 Å². The van der Waals surface area contributed by atoms with E-state index in [1.165, 1.54) is 19.1 Å². The molecule has 1 aromatic heterocycles. The molecule has 6 nitrogen and oxygen atoms in total. The van der Waals surface area contributed by atoms with Crippen molar-refractivity contribution in [2.75, 3.05) is 5.32 Å². The van der Waals surface area contributed by atoms with Gasteiger partial charge in [0.25, 0.3) is 5.56 Å². The summed E-state index contributed by atoms with van der Waals surface area (Å²) >= 11 is 1.95. The van der Waals surface area contributed by atoms with Gasteiger partial charge in [0, 0.05) is 15.2 Å². The molecule has 2 rings (SSSR count). The maximum atomic E-state index is 13.7. The summed E-state index contributed by atoms with van der Waals surface area (Å²) in [6.45, 7) is 1.46. The number of hydrogen-bond donors (Lipinski definition) is 2. The zero-order chi connectivity index (χ0) is 14.9. The maximum Gasteiger partial charge on any atom is 0.310 e. The Balaban J connectivity index is 2.50. The molecule has 0 atom stereocenters. The van der Waals surface area contributed by atoms with Gasteiger partial charge in [0.1, 0.15) is 5.82 Å². The van der Waals surface area contributed by atoms with Crippen molar-refractivity contribution in [3.05, 3.63) is 59.7 Å². The Morgan fingerprint density at radius 2 is 2.10 bits per heavy atom. The lowest BCUT2D eigenvalue weighted by Crippen LogP contribution is -2.13. The number of pyridine rings is 1. The van der Waals surface area contributed by atoms with Crippen molar-refractivity contribution in [1.29, 1.82) is 0 Å². The van der Waals surface area contributed by atoms with E-state index in [-0.39, 0.29) is 22.8 Å². The molecule has 0 aliphatic heterocycles. The lowest BCUT2D eigenvalue weighted by Gasteiger charge is -2.08. The van der Waals surface area contributed by atoms with E-state index in [9.17, 15) is 19.3 Å². The van der Waals surface area contributed by atoms with Gasteiger partial charge in [-0.15, -0.1) is 0 Å². The molecule has 1 heterocycles. The predicted octanol–water partition coefficient (Wildman–Crippen LogP) is 3.08. The molecular weight excluding hydrogens is 380 g/mol. The van der Waals surface area contributed by atoms with Gasteiger partial charge in [-0.05, 0) is 47.7 Å². The minimum Gasteiger partial charge on any atom is -0.334 e. The Labute approximate surface area is 126 Å². The first-order valence-corrected chi connectivity index (χ1v) is 6.56. The molecule has 0 spiro atoms. The van der Waals surface area contributed by atoms with Crippen molar-refractivity contribution in [2.45, 2.75) is 6.92 Å². The SMILES string of the molecule is Cc1cc([N+](=O)[O-])c(Nc2ccc(I)cc2F)[nH]c1=O. The fourth-order valence-electron chi connectivity index (χ4n) is 1.58. The summed E-state index contributed by atoms with van der Waals surface area (Å²) in [6.07, 6.45) is 0. The van der Waals surface area contributed by atoms with Gasteiger partial charge in [0.2, 0.25) is 0 Å². The summed E-state index contributed by atoms with van der Waals surface area (Å²) in [6, 6.07) is 5.51. The van der Waals surface area contributed by atoms with Crippen LogP contribution in [0.4, 0.5) is 21.6 Å². The smallest absolute Gasteiger partial charge is 0.310 e. The molecule has 0 fully saturated rings. The van der Waals surface area contributed by atoms with Crippen LogP contribution in [0.1, 0.15) is 5.56 Å². The van der Waals surface area contributed by atoms with Crippen molar-refractivity contribution in [1.82, 2.24) is 4.98 Å². The number of anilines is 2. The summed E-state index contributed by atoms with van der Waals surface area (Å²) in [5.74, 6) is -0.710. The molecule has 1 aromatic carbocycles. The molecule has 0 aliphatic carbocycles. The van der Waals surface area contributed by atoms with Crippen molar-refractivity contribution in [3.63, 3.8) is 0 Å².